The molecule has 2 saturated heterocycles. The lowest BCUT2D eigenvalue weighted by molar-refractivity contribution is 0.0715. The maximum atomic E-state index is 13.3. The van der Waals surface area contributed by atoms with Gasteiger partial charge in [-0.15, -0.1) is 0 Å². The lowest BCUT2D eigenvalue weighted by Crippen LogP contribution is -2.45. The third-order valence-electron chi connectivity index (χ3n) is 5.75. The first kappa shape index (κ1) is 18.7. The SMILES string of the molecule is COc1ccc(NC2CCCN(C(=O)c3ccccc3N3CCCC3)C2)cc1. The van der Waals surface area contributed by atoms with Crippen molar-refractivity contribution in [1.82, 2.24) is 4.90 Å². The number of hydrogen-bond acceptors (Lipinski definition) is 4. The largest absolute Gasteiger partial charge is 0.497 e. The fraction of sp³-hybridized carbons (Fsp3) is 0.435. The van der Waals surface area contributed by atoms with Gasteiger partial charge in [0.1, 0.15) is 5.75 Å². The summed E-state index contributed by atoms with van der Waals surface area (Å²) in [6.07, 6.45) is 4.51. The number of methoxy groups -OCH3 is 1. The maximum absolute atomic E-state index is 13.3. The molecule has 0 aliphatic carbocycles. The second-order valence-electron chi connectivity index (χ2n) is 7.67. The van der Waals surface area contributed by atoms with Gasteiger partial charge in [0.15, 0.2) is 0 Å². The number of nitrogens with one attached hydrogen (secondary N) is 1. The number of nitrogens with zero attached hydrogens (tertiary/aromatic N) is 2. The van der Waals surface area contributed by atoms with E-state index in [-0.39, 0.29) is 11.9 Å². The molecule has 0 spiro atoms. The summed E-state index contributed by atoms with van der Waals surface area (Å²) in [5, 5.41) is 3.58. The van der Waals surface area contributed by atoms with Gasteiger partial charge < -0.3 is 19.9 Å². The molecule has 1 amide bonds. The zero-order valence-electron chi connectivity index (χ0n) is 16.6. The first-order valence-electron chi connectivity index (χ1n) is 10.3. The number of carbonyl (C=O) groups is 1. The van der Waals surface area contributed by atoms with Crippen molar-refractivity contribution < 1.29 is 9.53 Å². The second-order valence-corrected chi connectivity index (χ2v) is 7.67. The van der Waals surface area contributed by atoms with Gasteiger partial charge in [0.2, 0.25) is 0 Å². The Balaban J connectivity index is 1.45. The number of likely N-dealkylation sites (tertiary alicyclic amines) is 1. The fourth-order valence-corrected chi connectivity index (χ4v) is 4.26. The fourth-order valence-electron chi connectivity index (χ4n) is 4.26. The Morgan fingerprint density at radius 2 is 1.75 bits per heavy atom. The van der Waals surface area contributed by atoms with Crippen molar-refractivity contribution in [1.29, 1.82) is 0 Å². The standard InChI is InChI=1S/C23H29N3O2/c1-28-20-12-10-18(11-13-20)24-19-7-6-16-26(17-19)23(27)21-8-2-3-9-22(21)25-14-4-5-15-25/h2-3,8-13,19,24H,4-7,14-17H2,1H3. The van der Waals surface area contributed by atoms with E-state index in [9.17, 15) is 4.79 Å². The molecule has 2 heterocycles. The molecule has 2 aromatic carbocycles. The summed E-state index contributed by atoms with van der Waals surface area (Å²) in [7, 11) is 1.67. The van der Waals surface area contributed by atoms with Gasteiger partial charge in [-0.05, 0) is 62.1 Å². The molecule has 4 rings (SSSR count). The lowest BCUT2D eigenvalue weighted by atomic mass is 10.0. The van der Waals surface area contributed by atoms with Crippen LogP contribution < -0.4 is 15.0 Å². The Morgan fingerprint density at radius 1 is 1.00 bits per heavy atom. The number of para-hydroxylation sites is 1. The molecule has 0 radical (unpaired) electrons. The molecule has 0 aromatic heterocycles. The monoisotopic (exact) mass is 379 g/mol. The quantitative estimate of drug-likeness (QED) is 0.852. The van der Waals surface area contributed by atoms with Gasteiger partial charge >= 0.3 is 0 Å². The smallest absolute Gasteiger partial charge is 0.256 e. The number of carbonyl (C=O) groups excluding carboxylic acids is 1. The van der Waals surface area contributed by atoms with Crippen LogP contribution in [0.1, 0.15) is 36.0 Å². The molecule has 2 aliphatic rings. The molecule has 28 heavy (non-hydrogen) atoms. The second kappa shape index (κ2) is 8.55. The minimum Gasteiger partial charge on any atom is -0.497 e. The molecule has 148 valence electrons. The molecule has 2 fully saturated rings. The van der Waals surface area contributed by atoms with Crippen molar-refractivity contribution in [3.05, 3.63) is 54.1 Å². The third kappa shape index (κ3) is 4.08. The predicted octanol–water partition coefficient (Wildman–Crippen LogP) is 4.01. The van der Waals surface area contributed by atoms with E-state index in [0.29, 0.717) is 0 Å². The molecule has 1 N–H and O–H groups in total. The number of piperidine rings is 1. The molecule has 2 aliphatic heterocycles. The van der Waals surface area contributed by atoms with Gasteiger partial charge in [-0.2, -0.15) is 0 Å². The summed E-state index contributed by atoms with van der Waals surface area (Å²) < 4.78 is 5.23. The average Bonchev–Trinajstić information content (AvgIpc) is 3.29. The van der Waals surface area contributed by atoms with Crippen LogP contribution in [0.3, 0.4) is 0 Å². The summed E-state index contributed by atoms with van der Waals surface area (Å²) in [5.41, 5.74) is 3.00. The van der Waals surface area contributed by atoms with Crippen molar-refractivity contribution in [3.8, 4) is 5.75 Å². The molecular formula is C23H29N3O2. The summed E-state index contributed by atoms with van der Waals surface area (Å²) in [5.74, 6) is 1.01. The first-order chi connectivity index (χ1) is 13.7. The average molecular weight is 380 g/mol. The Bertz CT molecular complexity index is 800. The third-order valence-corrected chi connectivity index (χ3v) is 5.75. The van der Waals surface area contributed by atoms with Crippen molar-refractivity contribution in [2.45, 2.75) is 31.7 Å². The van der Waals surface area contributed by atoms with Gasteiger partial charge in [0.25, 0.3) is 5.91 Å². The summed E-state index contributed by atoms with van der Waals surface area (Å²) in [4.78, 5) is 17.7. The molecule has 1 atom stereocenters. The normalized spacial score (nSPS) is 19.5. The van der Waals surface area contributed by atoms with Crippen molar-refractivity contribution in [2.24, 2.45) is 0 Å². The molecule has 0 bridgehead atoms. The van der Waals surface area contributed by atoms with Crippen LogP contribution in [0, 0.1) is 0 Å². The van der Waals surface area contributed by atoms with E-state index >= 15 is 0 Å². The first-order valence-corrected chi connectivity index (χ1v) is 10.3. The highest BCUT2D eigenvalue weighted by Crippen LogP contribution is 2.27. The van der Waals surface area contributed by atoms with E-state index in [4.69, 9.17) is 4.74 Å². The topological polar surface area (TPSA) is 44.8 Å². The van der Waals surface area contributed by atoms with E-state index < -0.39 is 0 Å². The molecule has 0 saturated carbocycles. The number of anilines is 2. The molecule has 5 heteroatoms. The van der Waals surface area contributed by atoms with Crippen LogP contribution in [0.4, 0.5) is 11.4 Å². The highest BCUT2D eigenvalue weighted by molar-refractivity contribution is 6.00. The van der Waals surface area contributed by atoms with Crippen molar-refractivity contribution in [3.63, 3.8) is 0 Å². The van der Waals surface area contributed by atoms with Gasteiger partial charge in [-0.3, -0.25) is 4.79 Å². The molecule has 5 nitrogen and oxygen atoms in total. The minimum absolute atomic E-state index is 0.156. The zero-order chi connectivity index (χ0) is 19.3. The van der Waals surface area contributed by atoms with Crippen LogP contribution in [0.15, 0.2) is 48.5 Å². The van der Waals surface area contributed by atoms with Crippen molar-refractivity contribution in [2.75, 3.05) is 43.5 Å². The van der Waals surface area contributed by atoms with Gasteiger partial charge in [0.05, 0.1) is 12.7 Å². The van der Waals surface area contributed by atoms with Crippen LogP contribution in [-0.4, -0.2) is 50.1 Å². The minimum atomic E-state index is 0.156. The molecular weight excluding hydrogens is 350 g/mol. The van der Waals surface area contributed by atoms with Crippen LogP contribution in [0.2, 0.25) is 0 Å². The van der Waals surface area contributed by atoms with E-state index in [1.54, 1.807) is 7.11 Å². The Labute approximate surface area is 167 Å². The van der Waals surface area contributed by atoms with Gasteiger partial charge in [-0.1, -0.05) is 12.1 Å². The maximum Gasteiger partial charge on any atom is 0.256 e. The number of benzene rings is 2. The number of ether oxygens (including phenoxy) is 1. The zero-order valence-corrected chi connectivity index (χ0v) is 16.6. The van der Waals surface area contributed by atoms with E-state index in [1.165, 1.54) is 12.8 Å². The Hall–Kier alpha value is -2.69. The number of amides is 1. The Kier molecular flexibility index (Phi) is 5.70. The number of hydrogen-bond donors (Lipinski definition) is 1. The number of rotatable bonds is 5. The summed E-state index contributed by atoms with van der Waals surface area (Å²) in [6, 6.07) is 16.3. The van der Waals surface area contributed by atoms with Gasteiger partial charge in [0, 0.05) is 43.6 Å². The van der Waals surface area contributed by atoms with Crippen molar-refractivity contribution >= 4 is 17.3 Å². The van der Waals surface area contributed by atoms with Crippen LogP contribution in [-0.2, 0) is 0 Å². The van der Waals surface area contributed by atoms with E-state index in [1.807, 2.05) is 47.4 Å². The summed E-state index contributed by atoms with van der Waals surface area (Å²) in [6.45, 7) is 3.66. The van der Waals surface area contributed by atoms with Crippen LogP contribution in [0.25, 0.3) is 0 Å². The Morgan fingerprint density at radius 3 is 2.50 bits per heavy atom. The summed E-state index contributed by atoms with van der Waals surface area (Å²) >= 11 is 0. The van der Waals surface area contributed by atoms with Gasteiger partial charge in [-0.25, -0.2) is 0 Å². The van der Waals surface area contributed by atoms with Crippen LogP contribution in [0.5, 0.6) is 5.75 Å². The lowest BCUT2D eigenvalue weighted by Gasteiger charge is -2.34. The van der Waals surface area contributed by atoms with Crippen LogP contribution >= 0.6 is 0 Å². The molecule has 2 aromatic rings. The van der Waals surface area contributed by atoms with E-state index in [0.717, 1.165) is 61.7 Å². The predicted molar refractivity (Wildman–Crippen MR) is 113 cm³/mol. The highest BCUT2D eigenvalue weighted by Gasteiger charge is 2.27. The highest BCUT2D eigenvalue weighted by atomic mass is 16.5. The van der Waals surface area contributed by atoms with E-state index in [2.05, 4.69) is 16.3 Å². The molecule has 1 unspecified atom stereocenters.